The van der Waals surface area contributed by atoms with Crippen LogP contribution in [0.4, 0.5) is 0 Å². The molecule has 0 aliphatic rings. The monoisotopic (exact) mass is 202 g/mol. The number of carbonyl (C=O) groups is 2. The van der Waals surface area contributed by atoms with Gasteiger partial charge in [0.25, 0.3) is 0 Å². The summed E-state index contributed by atoms with van der Waals surface area (Å²) in [5, 5.41) is 0. The fraction of sp³-hybridized carbons (Fsp3) is 0.800. The molecule has 0 aromatic rings. The van der Waals surface area contributed by atoms with Gasteiger partial charge >= 0.3 is 11.9 Å². The number of ether oxygens (including phenoxy) is 2. The second-order valence-electron chi connectivity index (χ2n) is 3.52. The molecule has 82 valence electrons. The lowest BCUT2D eigenvalue weighted by Gasteiger charge is -2.20. The standard InChI is InChI=1S/C10H18O4/c1-7(2)10(14-9(4)12)5-6-13-8(3)11/h7,10H,5-6H2,1-4H3. The Morgan fingerprint density at radius 3 is 2.07 bits per heavy atom. The third-order valence-corrected chi connectivity index (χ3v) is 1.77. The molecular formula is C10H18O4. The van der Waals surface area contributed by atoms with E-state index in [0.29, 0.717) is 13.0 Å². The van der Waals surface area contributed by atoms with Crippen molar-refractivity contribution in [3.63, 3.8) is 0 Å². The number of esters is 2. The van der Waals surface area contributed by atoms with E-state index in [0.717, 1.165) is 0 Å². The first-order valence-electron chi connectivity index (χ1n) is 4.74. The van der Waals surface area contributed by atoms with E-state index in [9.17, 15) is 9.59 Å². The molecule has 4 nitrogen and oxygen atoms in total. The van der Waals surface area contributed by atoms with Gasteiger partial charge in [0.15, 0.2) is 0 Å². The van der Waals surface area contributed by atoms with Crippen molar-refractivity contribution in [2.24, 2.45) is 5.92 Å². The molecular weight excluding hydrogens is 184 g/mol. The fourth-order valence-electron chi connectivity index (χ4n) is 1.06. The van der Waals surface area contributed by atoms with E-state index in [1.165, 1.54) is 13.8 Å². The van der Waals surface area contributed by atoms with Crippen LogP contribution in [-0.4, -0.2) is 24.6 Å². The number of rotatable bonds is 5. The van der Waals surface area contributed by atoms with Crippen molar-refractivity contribution < 1.29 is 19.1 Å². The van der Waals surface area contributed by atoms with Gasteiger partial charge in [-0.3, -0.25) is 9.59 Å². The molecule has 0 heterocycles. The summed E-state index contributed by atoms with van der Waals surface area (Å²) < 4.78 is 9.84. The van der Waals surface area contributed by atoms with E-state index in [1.807, 2.05) is 13.8 Å². The van der Waals surface area contributed by atoms with E-state index < -0.39 is 0 Å². The second kappa shape index (κ2) is 6.40. The molecule has 0 saturated carbocycles. The van der Waals surface area contributed by atoms with Gasteiger partial charge in [0.1, 0.15) is 6.10 Å². The lowest BCUT2D eigenvalue weighted by atomic mass is 10.0. The minimum atomic E-state index is -0.310. The highest BCUT2D eigenvalue weighted by atomic mass is 16.6. The Morgan fingerprint density at radius 1 is 1.14 bits per heavy atom. The van der Waals surface area contributed by atoms with Gasteiger partial charge in [-0.25, -0.2) is 0 Å². The molecule has 0 aromatic carbocycles. The van der Waals surface area contributed by atoms with Crippen LogP contribution < -0.4 is 0 Å². The summed E-state index contributed by atoms with van der Waals surface area (Å²) in [6.07, 6.45) is 0.378. The molecule has 0 aromatic heterocycles. The van der Waals surface area contributed by atoms with Crippen LogP contribution in [0.3, 0.4) is 0 Å². The Hall–Kier alpha value is -1.06. The highest BCUT2D eigenvalue weighted by Crippen LogP contribution is 2.11. The molecule has 0 spiro atoms. The normalized spacial score (nSPS) is 12.4. The summed E-state index contributed by atoms with van der Waals surface area (Å²) in [4.78, 5) is 21.2. The average molecular weight is 202 g/mol. The first kappa shape index (κ1) is 12.9. The van der Waals surface area contributed by atoms with Gasteiger partial charge in [-0.2, -0.15) is 0 Å². The van der Waals surface area contributed by atoms with Crippen molar-refractivity contribution in [2.45, 2.75) is 40.2 Å². The van der Waals surface area contributed by atoms with E-state index in [4.69, 9.17) is 9.47 Å². The van der Waals surface area contributed by atoms with Crippen LogP contribution >= 0.6 is 0 Å². The molecule has 1 unspecified atom stereocenters. The third-order valence-electron chi connectivity index (χ3n) is 1.77. The summed E-state index contributed by atoms with van der Waals surface area (Å²) in [7, 11) is 0. The van der Waals surface area contributed by atoms with Crippen LogP contribution in [0.15, 0.2) is 0 Å². The smallest absolute Gasteiger partial charge is 0.302 e. The lowest BCUT2D eigenvalue weighted by molar-refractivity contribution is -0.150. The van der Waals surface area contributed by atoms with Crippen molar-refractivity contribution in [3.8, 4) is 0 Å². The van der Waals surface area contributed by atoms with Gasteiger partial charge in [0.2, 0.25) is 0 Å². The van der Waals surface area contributed by atoms with Crippen LogP contribution in [0.1, 0.15) is 34.1 Å². The predicted molar refractivity (Wildman–Crippen MR) is 51.6 cm³/mol. The number of hydrogen-bond donors (Lipinski definition) is 0. The van der Waals surface area contributed by atoms with Crippen molar-refractivity contribution >= 4 is 11.9 Å². The minimum absolute atomic E-state index is 0.174. The van der Waals surface area contributed by atoms with E-state index in [-0.39, 0.29) is 24.0 Å². The van der Waals surface area contributed by atoms with Crippen LogP contribution in [-0.2, 0) is 19.1 Å². The minimum Gasteiger partial charge on any atom is -0.466 e. The Labute approximate surface area is 84.6 Å². The zero-order chi connectivity index (χ0) is 11.1. The lowest BCUT2D eigenvalue weighted by Crippen LogP contribution is -2.24. The Kier molecular flexibility index (Phi) is 5.92. The van der Waals surface area contributed by atoms with Crippen molar-refractivity contribution in [1.82, 2.24) is 0 Å². The quantitative estimate of drug-likeness (QED) is 0.634. The predicted octanol–water partition coefficient (Wildman–Crippen LogP) is 1.53. The molecule has 0 radical (unpaired) electrons. The molecule has 0 fully saturated rings. The van der Waals surface area contributed by atoms with Crippen molar-refractivity contribution in [1.29, 1.82) is 0 Å². The van der Waals surface area contributed by atoms with E-state index >= 15 is 0 Å². The molecule has 0 amide bonds. The van der Waals surface area contributed by atoms with Crippen molar-refractivity contribution in [3.05, 3.63) is 0 Å². The topological polar surface area (TPSA) is 52.6 Å². The van der Waals surface area contributed by atoms with Gasteiger partial charge in [-0.1, -0.05) is 13.8 Å². The highest BCUT2D eigenvalue weighted by molar-refractivity contribution is 5.66. The Morgan fingerprint density at radius 2 is 1.71 bits per heavy atom. The zero-order valence-corrected chi connectivity index (χ0v) is 9.20. The Bertz CT molecular complexity index is 198. The summed E-state index contributed by atoms with van der Waals surface area (Å²) in [5.41, 5.74) is 0. The summed E-state index contributed by atoms with van der Waals surface area (Å²) in [6.45, 7) is 6.95. The maximum absolute atomic E-state index is 10.7. The highest BCUT2D eigenvalue weighted by Gasteiger charge is 2.16. The van der Waals surface area contributed by atoms with E-state index in [1.54, 1.807) is 0 Å². The van der Waals surface area contributed by atoms with Crippen molar-refractivity contribution in [2.75, 3.05) is 6.61 Å². The first-order valence-corrected chi connectivity index (χ1v) is 4.74. The molecule has 1 atom stereocenters. The summed E-state index contributed by atoms with van der Waals surface area (Å²) in [5.74, 6) is -0.378. The van der Waals surface area contributed by atoms with Gasteiger partial charge in [0.05, 0.1) is 6.61 Å². The van der Waals surface area contributed by atoms with Crippen LogP contribution in [0.2, 0.25) is 0 Å². The SMILES string of the molecule is CC(=O)OCCC(OC(C)=O)C(C)C. The van der Waals surface area contributed by atoms with Crippen LogP contribution in [0.5, 0.6) is 0 Å². The van der Waals surface area contributed by atoms with Gasteiger partial charge < -0.3 is 9.47 Å². The van der Waals surface area contributed by atoms with Crippen LogP contribution in [0, 0.1) is 5.92 Å². The largest absolute Gasteiger partial charge is 0.466 e. The molecule has 0 N–H and O–H groups in total. The molecule has 0 rings (SSSR count). The summed E-state index contributed by atoms with van der Waals surface area (Å²) >= 11 is 0. The number of hydrogen-bond acceptors (Lipinski definition) is 4. The molecule has 0 bridgehead atoms. The zero-order valence-electron chi connectivity index (χ0n) is 9.20. The molecule has 0 aliphatic carbocycles. The Balaban J connectivity index is 3.85. The third kappa shape index (κ3) is 6.46. The maximum atomic E-state index is 10.7. The fourth-order valence-corrected chi connectivity index (χ4v) is 1.06. The average Bonchev–Trinajstić information content (AvgIpc) is 2.00. The van der Waals surface area contributed by atoms with Gasteiger partial charge in [-0.05, 0) is 5.92 Å². The van der Waals surface area contributed by atoms with Crippen LogP contribution in [0.25, 0.3) is 0 Å². The molecule has 14 heavy (non-hydrogen) atoms. The molecule has 0 saturated heterocycles. The second-order valence-corrected chi connectivity index (χ2v) is 3.52. The van der Waals surface area contributed by atoms with E-state index in [2.05, 4.69) is 0 Å². The maximum Gasteiger partial charge on any atom is 0.302 e. The van der Waals surface area contributed by atoms with Gasteiger partial charge in [0, 0.05) is 20.3 Å². The van der Waals surface area contributed by atoms with Gasteiger partial charge in [-0.15, -0.1) is 0 Å². The number of carbonyl (C=O) groups excluding carboxylic acids is 2. The summed E-state index contributed by atoms with van der Waals surface area (Å²) in [6, 6.07) is 0. The molecule has 0 aliphatic heterocycles. The molecule has 4 heteroatoms. The first-order chi connectivity index (χ1) is 6.43.